The molecule has 1 aliphatic carbocycles. The van der Waals surface area contributed by atoms with Crippen LogP contribution >= 0.6 is 0 Å². The molecule has 2 aliphatic rings. The van der Waals surface area contributed by atoms with Crippen LogP contribution in [0.15, 0.2) is 30.7 Å². The van der Waals surface area contributed by atoms with E-state index in [4.69, 9.17) is 0 Å². The molecule has 0 aromatic carbocycles. The summed E-state index contributed by atoms with van der Waals surface area (Å²) in [5.74, 6) is -0.798. The van der Waals surface area contributed by atoms with Crippen LogP contribution in [0.3, 0.4) is 0 Å². The number of rotatable bonds is 2. The van der Waals surface area contributed by atoms with Gasteiger partial charge in [0.1, 0.15) is 5.41 Å². The van der Waals surface area contributed by atoms with Crippen LogP contribution in [0.5, 0.6) is 0 Å². The number of halogens is 3. The zero-order chi connectivity index (χ0) is 18.8. The average Bonchev–Trinajstić information content (AvgIpc) is 3.15. The molecule has 140 valence electrons. The fraction of sp³-hybridized carbons (Fsp3) is 0.421. The van der Waals surface area contributed by atoms with Gasteiger partial charge in [-0.05, 0) is 30.9 Å². The molecule has 4 heterocycles. The Bertz CT molecular complexity index is 1050. The lowest BCUT2D eigenvalue weighted by atomic mass is 9.97. The van der Waals surface area contributed by atoms with Gasteiger partial charge in [0, 0.05) is 42.2 Å². The van der Waals surface area contributed by atoms with E-state index in [-0.39, 0.29) is 18.8 Å². The summed E-state index contributed by atoms with van der Waals surface area (Å²) in [5.41, 5.74) is 0.308. The predicted molar refractivity (Wildman–Crippen MR) is 93.1 cm³/mol. The molecule has 27 heavy (non-hydrogen) atoms. The maximum Gasteiger partial charge on any atom is 0.403 e. The van der Waals surface area contributed by atoms with Crippen molar-refractivity contribution in [3.63, 3.8) is 0 Å². The van der Waals surface area contributed by atoms with Crippen molar-refractivity contribution in [2.75, 3.05) is 13.1 Å². The first kappa shape index (κ1) is 16.5. The van der Waals surface area contributed by atoms with Gasteiger partial charge >= 0.3 is 6.18 Å². The summed E-state index contributed by atoms with van der Waals surface area (Å²) < 4.78 is 39.9. The van der Waals surface area contributed by atoms with Gasteiger partial charge in [0.2, 0.25) is 5.91 Å². The highest BCUT2D eigenvalue weighted by Crippen LogP contribution is 2.59. The number of alkyl halides is 3. The fourth-order valence-electron chi connectivity index (χ4n) is 4.22. The molecule has 1 unspecified atom stereocenters. The Balaban J connectivity index is 1.47. The second kappa shape index (κ2) is 5.43. The smallest absolute Gasteiger partial charge is 0.360 e. The van der Waals surface area contributed by atoms with Gasteiger partial charge in [0.25, 0.3) is 0 Å². The molecule has 1 atom stereocenters. The normalized spacial score (nSPS) is 21.9. The van der Waals surface area contributed by atoms with Crippen molar-refractivity contribution in [2.24, 2.45) is 5.41 Å². The van der Waals surface area contributed by atoms with Gasteiger partial charge in [0.05, 0.1) is 11.7 Å². The largest absolute Gasteiger partial charge is 0.403 e. The van der Waals surface area contributed by atoms with Crippen molar-refractivity contribution in [3.8, 4) is 0 Å². The summed E-state index contributed by atoms with van der Waals surface area (Å²) >= 11 is 0. The van der Waals surface area contributed by atoms with E-state index in [2.05, 4.69) is 15.0 Å². The molecule has 0 radical (unpaired) electrons. The molecule has 2 fully saturated rings. The number of carbonyl (C=O) groups is 1. The molecule has 3 aromatic rings. The standard InChI is InChI=1S/C19H17F3N4O/c20-19(21,22)18(4-5-18)17(27)26-7-3-11(10-26)13-8-24-16-15(13)12-2-1-6-23-14(12)9-25-16/h1-2,6,8-9,11,23H,3-5,7,10H2. The summed E-state index contributed by atoms with van der Waals surface area (Å²) in [6, 6.07) is 3.87. The average molecular weight is 374 g/mol. The monoisotopic (exact) mass is 374 g/mol. The second-order valence-corrected chi connectivity index (χ2v) is 7.48. The topological polar surface area (TPSA) is 61.9 Å². The van der Waals surface area contributed by atoms with Gasteiger partial charge in [-0.15, -0.1) is 0 Å². The Labute approximate surface area is 152 Å². The Hall–Kier alpha value is -2.64. The van der Waals surface area contributed by atoms with E-state index in [1.165, 1.54) is 4.90 Å². The highest BCUT2D eigenvalue weighted by Gasteiger charge is 2.69. The van der Waals surface area contributed by atoms with Gasteiger partial charge in [-0.2, -0.15) is 13.2 Å². The number of pyridine rings is 2. The van der Waals surface area contributed by atoms with E-state index in [9.17, 15) is 18.0 Å². The highest BCUT2D eigenvalue weighted by atomic mass is 19.4. The van der Waals surface area contributed by atoms with Crippen LogP contribution in [-0.4, -0.2) is 45.0 Å². The Kier molecular flexibility index (Phi) is 3.33. The van der Waals surface area contributed by atoms with E-state index < -0.39 is 17.5 Å². The summed E-state index contributed by atoms with van der Waals surface area (Å²) in [5, 5.41) is 1.90. The molecule has 1 amide bonds. The van der Waals surface area contributed by atoms with Crippen LogP contribution in [-0.2, 0) is 4.79 Å². The molecule has 0 spiro atoms. The lowest BCUT2D eigenvalue weighted by Gasteiger charge is -2.25. The molecular weight excluding hydrogens is 357 g/mol. The molecule has 1 N–H and O–H groups in total. The number of H-pyrrole nitrogens is 1. The summed E-state index contributed by atoms with van der Waals surface area (Å²) in [6.45, 7) is 0.642. The molecule has 1 saturated heterocycles. The Morgan fingerprint density at radius 1 is 1.26 bits per heavy atom. The van der Waals surface area contributed by atoms with Gasteiger partial charge in [0.15, 0.2) is 5.65 Å². The van der Waals surface area contributed by atoms with Crippen LogP contribution in [0.25, 0.3) is 21.9 Å². The zero-order valence-corrected chi connectivity index (χ0v) is 14.4. The molecule has 3 aromatic heterocycles. The number of aromatic amines is 1. The van der Waals surface area contributed by atoms with Gasteiger partial charge in [-0.25, -0.2) is 9.97 Å². The van der Waals surface area contributed by atoms with Crippen molar-refractivity contribution in [1.29, 1.82) is 0 Å². The lowest BCUT2D eigenvalue weighted by molar-refractivity contribution is -0.197. The number of amides is 1. The summed E-state index contributed by atoms with van der Waals surface area (Å²) in [7, 11) is 0. The SMILES string of the molecule is O=C(N1CCC(c2cnc3ncc4[nH]cccc4c23)C1)C1(C(F)(F)F)CC1. The maximum absolute atomic E-state index is 13.3. The Morgan fingerprint density at radius 2 is 2.04 bits per heavy atom. The molecule has 5 nitrogen and oxygen atoms in total. The number of fused-ring (bicyclic) bond motifs is 3. The zero-order valence-electron chi connectivity index (χ0n) is 14.4. The van der Waals surface area contributed by atoms with Crippen LogP contribution in [0, 0.1) is 5.41 Å². The summed E-state index contributed by atoms with van der Waals surface area (Å²) in [6.07, 6.45) is 1.26. The van der Waals surface area contributed by atoms with E-state index in [0.717, 1.165) is 21.9 Å². The number of nitrogens with one attached hydrogen (secondary N) is 1. The van der Waals surface area contributed by atoms with Crippen LogP contribution < -0.4 is 0 Å². The number of hydrogen-bond acceptors (Lipinski definition) is 3. The quantitative estimate of drug-likeness (QED) is 0.743. The molecule has 1 saturated carbocycles. The number of hydrogen-bond donors (Lipinski definition) is 1. The van der Waals surface area contributed by atoms with Crippen molar-refractivity contribution < 1.29 is 18.0 Å². The highest BCUT2D eigenvalue weighted by molar-refractivity contribution is 6.05. The second-order valence-electron chi connectivity index (χ2n) is 7.48. The number of nitrogens with zero attached hydrogens (tertiary/aromatic N) is 3. The number of aromatic nitrogens is 3. The third-order valence-electron chi connectivity index (χ3n) is 5.93. The molecule has 1 aliphatic heterocycles. The molecule has 5 rings (SSSR count). The van der Waals surface area contributed by atoms with Crippen molar-refractivity contribution >= 4 is 27.8 Å². The predicted octanol–water partition coefficient (Wildman–Crippen LogP) is 3.77. The van der Waals surface area contributed by atoms with Crippen LogP contribution in [0.4, 0.5) is 13.2 Å². The van der Waals surface area contributed by atoms with Crippen LogP contribution in [0.2, 0.25) is 0 Å². The minimum absolute atomic E-state index is 0.0319. The number of likely N-dealkylation sites (tertiary alicyclic amines) is 1. The van der Waals surface area contributed by atoms with Crippen molar-refractivity contribution in [3.05, 3.63) is 36.3 Å². The molecular formula is C19H17F3N4O. The van der Waals surface area contributed by atoms with E-state index in [0.29, 0.717) is 25.2 Å². The first-order chi connectivity index (χ1) is 12.9. The first-order valence-electron chi connectivity index (χ1n) is 8.97. The Morgan fingerprint density at radius 3 is 2.78 bits per heavy atom. The van der Waals surface area contributed by atoms with Crippen molar-refractivity contribution in [1.82, 2.24) is 19.9 Å². The minimum atomic E-state index is -4.47. The third-order valence-corrected chi connectivity index (χ3v) is 5.93. The fourth-order valence-corrected chi connectivity index (χ4v) is 4.22. The van der Waals surface area contributed by atoms with Gasteiger partial charge < -0.3 is 9.88 Å². The third kappa shape index (κ3) is 2.35. The van der Waals surface area contributed by atoms with Crippen LogP contribution in [0.1, 0.15) is 30.7 Å². The first-order valence-corrected chi connectivity index (χ1v) is 8.97. The lowest BCUT2D eigenvalue weighted by Crippen LogP contribution is -2.43. The van der Waals surface area contributed by atoms with Crippen molar-refractivity contribution in [2.45, 2.75) is 31.4 Å². The van der Waals surface area contributed by atoms with E-state index in [1.807, 2.05) is 18.3 Å². The maximum atomic E-state index is 13.3. The van der Waals surface area contributed by atoms with E-state index >= 15 is 0 Å². The minimum Gasteiger partial charge on any atom is -0.360 e. The molecule has 0 bridgehead atoms. The molecule has 8 heteroatoms. The van der Waals surface area contributed by atoms with Gasteiger partial charge in [-0.3, -0.25) is 4.79 Å². The number of carbonyl (C=O) groups excluding carboxylic acids is 1. The van der Waals surface area contributed by atoms with Gasteiger partial charge in [-0.1, -0.05) is 6.07 Å². The van der Waals surface area contributed by atoms with E-state index in [1.54, 1.807) is 12.4 Å². The summed E-state index contributed by atoms with van der Waals surface area (Å²) in [4.78, 5) is 25.8.